The largest absolute Gasteiger partial charge is 0.504 e. The molecule has 0 radical (unpaired) electrons. The minimum absolute atomic E-state index is 0.0177. The molecular weight excluding hydrogens is 548 g/mol. The van der Waals surface area contributed by atoms with E-state index in [0.29, 0.717) is 5.56 Å². The van der Waals surface area contributed by atoms with Crippen LogP contribution in [0.1, 0.15) is 5.56 Å². The van der Waals surface area contributed by atoms with Crippen LogP contribution < -0.4 is 4.74 Å². The first-order chi connectivity index (χ1) is 19.6. The van der Waals surface area contributed by atoms with Crippen LogP contribution in [-0.2, 0) is 33.3 Å². The first-order valence-electron chi connectivity index (χ1n) is 12.6. The van der Waals surface area contributed by atoms with Crippen LogP contribution in [-0.4, -0.2) is 113 Å². The molecule has 0 saturated carbocycles. The van der Waals surface area contributed by atoms with E-state index in [0.717, 1.165) is 19.4 Å². The molecule has 2 aliphatic heterocycles. The molecule has 1 fully saturated rings. The Morgan fingerprint density at radius 2 is 1.78 bits per heavy atom. The minimum atomic E-state index is -1.74. The molecule has 0 unspecified atom stereocenters. The predicted molar refractivity (Wildman–Crippen MR) is 136 cm³/mol. The van der Waals surface area contributed by atoms with Crippen LogP contribution >= 0.6 is 0 Å². The Balaban J connectivity index is 1.56. The van der Waals surface area contributed by atoms with Crippen LogP contribution in [0.4, 0.5) is 0 Å². The average Bonchev–Trinajstić information content (AvgIpc) is 3.35. The number of hydrogen-bond acceptors (Lipinski definition) is 14. The number of phenolic OH excluding ortho intramolecular Hbond substituents is 1. The molecule has 14 nitrogen and oxygen atoms in total. The zero-order valence-corrected chi connectivity index (χ0v) is 22.1. The Labute approximate surface area is 234 Å². The normalized spacial score (nSPS) is 32.9. The third-order valence-corrected chi connectivity index (χ3v) is 7.12. The van der Waals surface area contributed by atoms with Crippen molar-refractivity contribution >= 4 is 18.0 Å². The Hall–Kier alpha value is -3.50. The fraction of sp³-hybridized carbons (Fsp3) is 0.481. The Morgan fingerprint density at radius 3 is 2.44 bits per heavy atom. The van der Waals surface area contributed by atoms with E-state index in [1.54, 1.807) is 6.07 Å². The second-order valence-electron chi connectivity index (χ2n) is 9.52. The fourth-order valence-corrected chi connectivity index (χ4v) is 5.01. The summed E-state index contributed by atoms with van der Waals surface area (Å²) in [5, 5.41) is 59.9. The molecule has 1 saturated heterocycles. The van der Waals surface area contributed by atoms with Crippen molar-refractivity contribution in [1.29, 1.82) is 0 Å². The van der Waals surface area contributed by atoms with Crippen molar-refractivity contribution in [2.75, 3.05) is 27.4 Å². The van der Waals surface area contributed by atoms with Gasteiger partial charge in [-0.05, 0) is 35.4 Å². The maximum Gasteiger partial charge on any atom is 0.337 e. The van der Waals surface area contributed by atoms with Crippen molar-refractivity contribution in [2.45, 2.75) is 43.1 Å². The number of fused-ring (bicyclic) bond motifs is 1. The van der Waals surface area contributed by atoms with Gasteiger partial charge in [0.05, 0.1) is 45.2 Å². The van der Waals surface area contributed by atoms with Crippen molar-refractivity contribution in [3.63, 3.8) is 0 Å². The molecule has 2 heterocycles. The lowest BCUT2D eigenvalue weighted by molar-refractivity contribution is -0.340. The lowest BCUT2D eigenvalue weighted by Crippen LogP contribution is -2.60. The molecule has 0 bridgehead atoms. The smallest absolute Gasteiger partial charge is 0.337 e. The maximum absolute atomic E-state index is 12.8. The summed E-state index contributed by atoms with van der Waals surface area (Å²) in [6, 6.07) is 4.45. The molecule has 224 valence electrons. The highest BCUT2D eigenvalue weighted by Gasteiger charge is 2.53. The lowest BCUT2D eigenvalue weighted by atomic mass is 9.82. The molecule has 41 heavy (non-hydrogen) atoms. The molecule has 6 N–H and O–H groups in total. The van der Waals surface area contributed by atoms with Gasteiger partial charge in [0.2, 0.25) is 6.29 Å². The summed E-state index contributed by atoms with van der Waals surface area (Å²) in [4.78, 5) is 25.4. The highest BCUT2D eigenvalue weighted by molar-refractivity contribution is 5.90. The van der Waals surface area contributed by atoms with Gasteiger partial charge in [0.1, 0.15) is 30.5 Å². The zero-order chi connectivity index (χ0) is 29.8. The van der Waals surface area contributed by atoms with E-state index in [2.05, 4.69) is 0 Å². The molecule has 1 aromatic rings. The second-order valence-corrected chi connectivity index (χ2v) is 9.52. The summed E-state index contributed by atoms with van der Waals surface area (Å²) >= 11 is 0. The monoisotopic (exact) mass is 580 g/mol. The van der Waals surface area contributed by atoms with Gasteiger partial charge >= 0.3 is 11.9 Å². The number of phenols is 1. The Morgan fingerprint density at radius 1 is 1.02 bits per heavy atom. The van der Waals surface area contributed by atoms with Crippen LogP contribution in [0.15, 0.2) is 47.8 Å². The van der Waals surface area contributed by atoms with Gasteiger partial charge in [-0.1, -0.05) is 6.07 Å². The van der Waals surface area contributed by atoms with Gasteiger partial charge in [-0.25, -0.2) is 9.59 Å². The first-order valence-corrected chi connectivity index (χ1v) is 12.6. The van der Waals surface area contributed by atoms with Crippen molar-refractivity contribution in [3.8, 4) is 11.5 Å². The van der Waals surface area contributed by atoms with Gasteiger partial charge in [0.15, 0.2) is 17.8 Å². The summed E-state index contributed by atoms with van der Waals surface area (Å²) in [7, 11) is 2.53. The molecule has 9 atom stereocenters. The van der Waals surface area contributed by atoms with Crippen molar-refractivity contribution in [1.82, 2.24) is 0 Å². The number of benzene rings is 1. The van der Waals surface area contributed by atoms with Crippen molar-refractivity contribution < 1.29 is 68.6 Å². The number of aliphatic hydroxyl groups excluding tert-OH is 5. The number of rotatable bonds is 9. The quantitative estimate of drug-likeness (QED) is 0.114. The number of aliphatic hydroxyl groups is 5. The molecule has 0 amide bonds. The predicted octanol–water partition coefficient (Wildman–Crippen LogP) is -1.28. The Bertz CT molecular complexity index is 1210. The van der Waals surface area contributed by atoms with E-state index in [1.165, 1.54) is 31.4 Å². The number of carbonyl (C=O) groups is 2. The molecule has 0 aromatic heterocycles. The molecule has 14 heteroatoms. The van der Waals surface area contributed by atoms with E-state index in [-0.39, 0.29) is 22.6 Å². The van der Waals surface area contributed by atoms with Crippen LogP contribution in [0.3, 0.4) is 0 Å². The van der Waals surface area contributed by atoms with Crippen LogP contribution in [0.25, 0.3) is 6.08 Å². The van der Waals surface area contributed by atoms with Gasteiger partial charge in [0, 0.05) is 12.0 Å². The van der Waals surface area contributed by atoms with E-state index in [4.69, 9.17) is 28.4 Å². The minimum Gasteiger partial charge on any atom is -0.504 e. The number of hydrogen-bond donors (Lipinski definition) is 6. The molecular formula is C27H32O14. The van der Waals surface area contributed by atoms with Gasteiger partial charge < -0.3 is 59.1 Å². The van der Waals surface area contributed by atoms with E-state index in [1.807, 2.05) is 0 Å². The Kier molecular flexibility index (Phi) is 9.65. The van der Waals surface area contributed by atoms with Crippen LogP contribution in [0.5, 0.6) is 11.5 Å². The standard InChI is InChI=1S/C27H32O14/c1-36-16-7-12(3-5-15(16)30)4-6-19(31)39-17-8-13(9-28)20-21(17)14(25(35)37-2)11-38-26(20)41-27-24(34)23(33)22(32)18(10-29)40-27/h3-8,11,17-18,20-24,26-30,32-34H,9-10H2,1-2H3/t17-,18-,20+,21-,22-,23+,24-,26+,27+/m1/s1. The van der Waals surface area contributed by atoms with Crippen molar-refractivity contribution in [2.24, 2.45) is 11.8 Å². The van der Waals surface area contributed by atoms with E-state index in [9.17, 15) is 40.2 Å². The van der Waals surface area contributed by atoms with Gasteiger partial charge in [-0.2, -0.15) is 0 Å². The first kappa shape index (κ1) is 30.5. The number of aromatic hydroxyl groups is 1. The highest BCUT2D eigenvalue weighted by atomic mass is 16.8. The van der Waals surface area contributed by atoms with Crippen LogP contribution in [0.2, 0.25) is 0 Å². The molecule has 4 rings (SSSR count). The number of carbonyl (C=O) groups excluding carboxylic acids is 2. The van der Waals surface area contributed by atoms with Gasteiger partial charge in [0.25, 0.3) is 0 Å². The summed E-state index contributed by atoms with van der Waals surface area (Å²) < 4.78 is 32.3. The summed E-state index contributed by atoms with van der Waals surface area (Å²) in [5.41, 5.74) is 0.793. The van der Waals surface area contributed by atoms with Crippen molar-refractivity contribution in [3.05, 3.63) is 53.3 Å². The molecule has 1 aliphatic carbocycles. The van der Waals surface area contributed by atoms with E-state index >= 15 is 0 Å². The third-order valence-electron chi connectivity index (χ3n) is 7.12. The SMILES string of the molecule is COC(=O)C1=CO[C@@H](O[C@@H]2O[C@H](CO)[C@@H](O)[C@H](O)[C@H]2O)[C@H]2C(CO)=C[C@@H](OC(=O)C=Cc3ccc(O)c(OC)c3)[C@@H]12. The fourth-order valence-electron chi connectivity index (χ4n) is 5.01. The topological polar surface area (TPSA) is 211 Å². The molecule has 3 aliphatic rings. The average molecular weight is 581 g/mol. The number of esters is 2. The maximum atomic E-state index is 12.8. The summed E-state index contributed by atoms with van der Waals surface area (Å²) in [6.45, 7) is -1.22. The lowest BCUT2D eigenvalue weighted by Gasteiger charge is -2.43. The zero-order valence-electron chi connectivity index (χ0n) is 22.1. The van der Waals surface area contributed by atoms with Gasteiger partial charge in [-0.3, -0.25) is 0 Å². The summed E-state index contributed by atoms with van der Waals surface area (Å²) in [6.07, 6.45) is -5.22. The third kappa shape index (κ3) is 6.23. The molecule has 1 aromatic carbocycles. The molecule has 0 spiro atoms. The highest BCUT2D eigenvalue weighted by Crippen LogP contribution is 2.45. The van der Waals surface area contributed by atoms with Crippen LogP contribution in [0, 0.1) is 11.8 Å². The second kappa shape index (κ2) is 13.0. The van der Waals surface area contributed by atoms with E-state index < -0.39 is 80.1 Å². The van der Waals surface area contributed by atoms with Gasteiger partial charge in [-0.15, -0.1) is 0 Å². The number of ether oxygens (including phenoxy) is 6. The summed E-state index contributed by atoms with van der Waals surface area (Å²) in [5.74, 6) is -3.33. The number of methoxy groups -OCH3 is 2.